The molecule has 3 aromatic rings. The first-order chi connectivity index (χ1) is 15.0. The number of furan rings is 1. The monoisotopic (exact) mass is 422 g/mol. The van der Waals surface area contributed by atoms with Gasteiger partial charge in [-0.3, -0.25) is 9.59 Å². The highest BCUT2D eigenvalue weighted by Gasteiger charge is 2.46. The van der Waals surface area contributed by atoms with E-state index in [1.807, 2.05) is 6.07 Å². The molecule has 0 bridgehead atoms. The van der Waals surface area contributed by atoms with Gasteiger partial charge in [0.2, 0.25) is 5.78 Å². The fraction of sp³-hybridized carbons (Fsp3) is 0.348. The van der Waals surface area contributed by atoms with E-state index in [9.17, 15) is 14.7 Å². The highest BCUT2D eigenvalue weighted by Crippen LogP contribution is 2.39. The summed E-state index contributed by atoms with van der Waals surface area (Å²) in [6.07, 6.45) is 3.21. The largest absolute Gasteiger partial charge is 0.871 e. The van der Waals surface area contributed by atoms with Gasteiger partial charge in [0, 0.05) is 11.8 Å². The minimum atomic E-state index is -0.842. The number of hydrogen-bond acceptors (Lipinski definition) is 5. The molecule has 1 atom stereocenters. The number of likely N-dealkylation sites (N-methyl/N-ethyl adjacent to an activating group) is 1. The summed E-state index contributed by atoms with van der Waals surface area (Å²) in [6, 6.07) is 7.96. The average molecular weight is 422 g/mol. The maximum Gasteiger partial charge on any atom is 0.295 e. The van der Waals surface area contributed by atoms with Gasteiger partial charge in [0.05, 0.1) is 43.8 Å². The number of aromatic nitrogens is 2. The van der Waals surface area contributed by atoms with Gasteiger partial charge in [0.1, 0.15) is 17.4 Å². The summed E-state index contributed by atoms with van der Waals surface area (Å²) in [6.45, 7) is 8.74. The van der Waals surface area contributed by atoms with Crippen molar-refractivity contribution in [2.45, 2.75) is 26.8 Å². The normalized spacial score (nSPS) is 18.6. The average Bonchev–Trinajstić information content (AvgIpc) is 3.46. The number of aryl methyl sites for hydroxylation is 1. The summed E-state index contributed by atoms with van der Waals surface area (Å²) in [7, 11) is 0. The fourth-order valence-corrected chi connectivity index (χ4v) is 4.24. The third kappa shape index (κ3) is 3.53. The van der Waals surface area contributed by atoms with Crippen molar-refractivity contribution in [3.63, 3.8) is 0 Å². The Morgan fingerprint density at radius 1 is 1.19 bits per heavy atom. The molecular weight excluding hydrogens is 396 g/mol. The van der Waals surface area contributed by atoms with Crippen molar-refractivity contribution in [1.29, 1.82) is 0 Å². The van der Waals surface area contributed by atoms with Crippen molar-refractivity contribution in [1.82, 2.24) is 14.3 Å². The van der Waals surface area contributed by atoms with Crippen LogP contribution < -0.4 is 10.0 Å². The van der Waals surface area contributed by atoms with Gasteiger partial charge in [0.15, 0.2) is 0 Å². The molecule has 1 aliphatic heterocycles. The second-order valence-corrected chi connectivity index (χ2v) is 7.67. The molecule has 1 unspecified atom stereocenters. The summed E-state index contributed by atoms with van der Waals surface area (Å²) in [5.74, 6) is -1.52. The van der Waals surface area contributed by atoms with E-state index in [0.29, 0.717) is 35.9 Å². The molecule has 0 saturated carbocycles. The molecule has 0 radical (unpaired) electrons. The molecular formula is C23H26N4O4. The van der Waals surface area contributed by atoms with E-state index in [4.69, 9.17) is 4.42 Å². The molecule has 162 valence electrons. The zero-order chi connectivity index (χ0) is 22.1. The Bertz CT molecular complexity index is 1140. The van der Waals surface area contributed by atoms with Crippen LogP contribution in [0.2, 0.25) is 0 Å². The molecule has 8 heteroatoms. The van der Waals surface area contributed by atoms with Crippen molar-refractivity contribution in [3.05, 3.63) is 65.5 Å². The summed E-state index contributed by atoms with van der Waals surface area (Å²) < 4.78 is 7.23. The van der Waals surface area contributed by atoms with E-state index in [2.05, 4.69) is 18.8 Å². The number of carbonyl (C=O) groups is 2. The zero-order valence-corrected chi connectivity index (χ0v) is 17.9. The molecule has 31 heavy (non-hydrogen) atoms. The number of likely N-dealkylation sites (tertiary alicyclic amines) is 1. The van der Waals surface area contributed by atoms with Gasteiger partial charge in [-0.05, 0) is 45.0 Å². The van der Waals surface area contributed by atoms with E-state index in [0.717, 1.165) is 13.1 Å². The molecule has 1 aliphatic rings. The lowest BCUT2D eigenvalue weighted by molar-refractivity contribution is -0.895. The van der Waals surface area contributed by atoms with Gasteiger partial charge in [-0.1, -0.05) is 11.8 Å². The molecule has 1 fully saturated rings. The fourth-order valence-electron chi connectivity index (χ4n) is 4.24. The van der Waals surface area contributed by atoms with Crippen LogP contribution in [0.3, 0.4) is 0 Å². The van der Waals surface area contributed by atoms with Crippen LogP contribution in [-0.4, -0.2) is 52.2 Å². The smallest absolute Gasteiger partial charge is 0.295 e. The Kier molecular flexibility index (Phi) is 5.65. The van der Waals surface area contributed by atoms with Crippen molar-refractivity contribution >= 4 is 23.1 Å². The Hall–Kier alpha value is -3.39. The van der Waals surface area contributed by atoms with Crippen molar-refractivity contribution < 1.29 is 24.0 Å². The molecule has 4 rings (SSSR count). The second-order valence-electron chi connectivity index (χ2n) is 7.67. The molecule has 4 heterocycles. The summed E-state index contributed by atoms with van der Waals surface area (Å²) in [5, 5.41) is 13.7. The second kappa shape index (κ2) is 8.39. The van der Waals surface area contributed by atoms with Gasteiger partial charge in [0.25, 0.3) is 5.91 Å². The minimum Gasteiger partial charge on any atom is -0.871 e. The summed E-state index contributed by atoms with van der Waals surface area (Å²) >= 11 is 0. The molecule has 0 spiro atoms. The van der Waals surface area contributed by atoms with Gasteiger partial charge < -0.3 is 23.7 Å². The van der Waals surface area contributed by atoms with Crippen LogP contribution >= 0.6 is 0 Å². The Labute approximate surface area is 180 Å². The lowest BCUT2D eigenvalue weighted by Gasteiger charge is -2.26. The van der Waals surface area contributed by atoms with Crippen LogP contribution in [0.5, 0.6) is 0 Å². The number of imidazole rings is 1. The van der Waals surface area contributed by atoms with Gasteiger partial charge in [-0.25, -0.2) is 4.98 Å². The Balaban J connectivity index is 1.84. The van der Waals surface area contributed by atoms with Crippen LogP contribution in [0.1, 0.15) is 37.0 Å². The van der Waals surface area contributed by atoms with Crippen molar-refractivity contribution in [2.75, 3.05) is 26.2 Å². The van der Waals surface area contributed by atoms with E-state index in [-0.39, 0.29) is 5.57 Å². The molecule has 0 aromatic carbocycles. The summed E-state index contributed by atoms with van der Waals surface area (Å²) in [5.41, 5.74) is 1.33. The number of hydrogen-bond donors (Lipinski definition) is 1. The van der Waals surface area contributed by atoms with E-state index in [1.165, 1.54) is 16.1 Å². The number of Topliss-reactive ketones (excluding diaryl/α,β-unsaturated/α-hetero) is 1. The maximum absolute atomic E-state index is 13.7. The number of nitrogens with zero attached hydrogens (tertiary/aromatic N) is 3. The lowest BCUT2D eigenvalue weighted by atomic mass is 10.0. The molecule has 0 aliphatic carbocycles. The minimum absolute atomic E-state index is 0.0803. The van der Waals surface area contributed by atoms with Crippen LogP contribution in [0, 0.1) is 6.92 Å². The lowest BCUT2D eigenvalue weighted by Crippen LogP contribution is -3.12. The summed E-state index contributed by atoms with van der Waals surface area (Å²) in [4.78, 5) is 33.2. The first kappa shape index (κ1) is 20.9. The number of amides is 1. The highest BCUT2D eigenvalue weighted by molar-refractivity contribution is 6.46. The van der Waals surface area contributed by atoms with Gasteiger partial charge >= 0.3 is 0 Å². The van der Waals surface area contributed by atoms with Crippen LogP contribution in [0.15, 0.2) is 52.8 Å². The number of carbonyl (C=O) groups excluding carboxylic acids is 2. The number of quaternary nitrogens is 1. The molecule has 1 saturated heterocycles. The highest BCUT2D eigenvalue weighted by atomic mass is 16.3. The number of ketones is 1. The Morgan fingerprint density at radius 2 is 1.97 bits per heavy atom. The Morgan fingerprint density at radius 3 is 2.65 bits per heavy atom. The van der Waals surface area contributed by atoms with Crippen LogP contribution in [0.4, 0.5) is 0 Å². The topological polar surface area (TPSA) is 95.3 Å². The van der Waals surface area contributed by atoms with Gasteiger partial charge in [-0.15, -0.1) is 0 Å². The predicted molar refractivity (Wildman–Crippen MR) is 112 cm³/mol. The number of nitrogens with one attached hydrogen (secondary N) is 1. The van der Waals surface area contributed by atoms with Gasteiger partial charge in [-0.2, -0.15) is 0 Å². The molecule has 1 N–H and O–H groups in total. The first-order valence-electron chi connectivity index (χ1n) is 10.5. The van der Waals surface area contributed by atoms with Crippen LogP contribution in [0.25, 0.3) is 11.4 Å². The predicted octanol–water partition coefficient (Wildman–Crippen LogP) is 0.384. The van der Waals surface area contributed by atoms with E-state index < -0.39 is 23.5 Å². The number of pyridine rings is 1. The first-order valence-corrected chi connectivity index (χ1v) is 10.5. The third-order valence-corrected chi connectivity index (χ3v) is 5.97. The SMILES string of the molecule is CC[NH+](CC)CCN1C(=O)C(=O)C(=C([O-])c2c(C)nc3ccccn23)C1c1ccco1. The zero-order valence-electron chi connectivity index (χ0n) is 17.9. The van der Waals surface area contributed by atoms with E-state index in [1.54, 1.807) is 41.8 Å². The molecule has 1 amide bonds. The molecule has 3 aromatic heterocycles. The number of fused-ring (bicyclic) bond motifs is 1. The third-order valence-electron chi connectivity index (χ3n) is 5.97. The quantitative estimate of drug-likeness (QED) is 0.338. The van der Waals surface area contributed by atoms with Crippen molar-refractivity contribution in [3.8, 4) is 0 Å². The number of rotatable bonds is 7. The maximum atomic E-state index is 13.7. The van der Waals surface area contributed by atoms with Crippen LogP contribution in [-0.2, 0) is 9.59 Å². The van der Waals surface area contributed by atoms with Crippen molar-refractivity contribution in [2.24, 2.45) is 0 Å². The van der Waals surface area contributed by atoms with E-state index >= 15 is 0 Å². The standard InChI is InChI=1S/C23H26N4O4/c1-4-25(5-2)12-13-27-20(16-9-8-14-31-16)18(22(29)23(27)30)21(28)19-15(3)24-17-10-6-7-11-26(17)19/h6-11,14,20,28H,4-5,12-13H2,1-3H3. The molecule has 8 nitrogen and oxygen atoms in total.